The van der Waals surface area contributed by atoms with Crippen LogP contribution in [-0.2, 0) is 23.9 Å². The zero-order valence-corrected chi connectivity index (χ0v) is 23.2. The number of carbonyl (C=O) groups is 4. The van der Waals surface area contributed by atoms with Gasteiger partial charge in [-0.1, -0.05) is 40.7 Å². The van der Waals surface area contributed by atoms with Crippen LogP contribution in [0.4, 0.5) is 4.79 Å². The lowest BCUT2D eigenvalue weighted by Crippen LogP contribution is -2.60. The monoisotopic (exact) mass is 516 g/mol. The number of piperidine rings is 1. The first-order valence-electron chi connectivity index (χ1n) is 12.6. The van der Waals surface area contributed by atoms with Crippen molar-refractivity contribution in [3.63, 3.8) is 0 Å². The Kier molecular flexibility index (Phi) is 7.63. The van der Waals surface area contributed by atoms with Gasteiger partial charge in [-0.05, 0) is 49.5 Å². The molecule has 0 spiro atoms. The first kappa shape index (κ1) is 28.4. The molecule has 1 aliphatic heterocycles. The van der Waals surface area contributed by atoms with Crippen molar-refractivity contribution in [3.05, 3.63) is 30.1 Å². The number of nitrogens with zero attached hydrogens (tertiary/aromatic N) is 2. The summed E-state index contributed by atoms with van der Waals surface area (Å²) in [4.78, 5) is 58.4. The van der Waals surface area contributed by atoms with Gasteiger partial charge in [0.05, 0.1) is 7.11 Å². The zero-order chi connectivity index (χ0) is 27.9. The van der Waals surface area contributed by atoms with Gasteiger partial charge in [0.15, 0.2) is 6.04 Å². The van der Waals surface area contributed by atoms with Crippen LogP contribution in [-0.4, -0.2) is 65.1 Å². The Hall–Kier alpha value is -3.17. The van der Waals surface area contributed by atoms with E-state index in [1.165, 1.54) is 13.3 Å². The molecule has 1 aliphatic carbocycles. The van der Waals surface area contributed by atoms with Gasteiger partial charge in [0.25, 0.3) is 0 Å². The third-order valence-electron chi connectivity index (χ3n) is 7.28. The van der Waals surface area contributed by atoms with Gasteiger partial charge < -0.3 is 25.0 Å². The molecule has 2 N–H and O–H groups in total. The van der Waals surface area contributed by atoms with E-state index < -0.39 is 47.1 Å². The molecule has 2 aliphatic rings. The number of fused-ring (bicyclic) bond motifs is 1. The smallest absolute Gasteiger partial charge is 0.408 e. The zero-order valence-electron chi connectivity index (χ0n) is 23.2. The quantitative estimate of drug-likeness (QED) is 0.557. The highest BCUT2D eigenvalue weighted by Crippen LogP contribution is 2.65. The fourth-order valence-electron chi connectivity index (χ4n) is 5.22. The van der Waals surface area contributed by atoms with Crippen molar-refractivity contribution >= 4 is 23.9 Å². The van der Waals surface area contributed by atoms with Crippen LogP contribution in [0.15, 0.2) is 24.5 Å². The number of nitrogens with one attached hydrogen (secondary N) is 2. The van der Waals surface area contributed by atoms with Crippen LogP contribution in [0.2, 0.25) is 0 Å². The fraction of sp³-hybridized carbons (Fsp3) is 0.667. The second-order valence-electron chi connectivity index (χ2n) is 12.6. The van der Waals surface area contributed by atoms with E-state index in [4.69, 9.17) is 9.47 Å². The molecule has 1 saturated heterocycles. The molecule has 1 aromatic heterocycles. The van der Waals surface area contributed by atoms with Gasteiger partial charge in [-0.2, -0.15) is 0 Å². The van der Waals surface area contributed by atoms with Crippen LogP contribution in [0.25, 0.3) is 0 Å². The normalized spacial score (nSPS) is 23.8. The number of hydrogen-bond donors (Lipinski definition) is 2. The molecule has 10 heteroatoms. The van der Waals surface area contributed by atoms with Gasteiger partial charge in [0.2, 0.25) is 11.8 Å². The van der Waals surface area contributed by atoms with E-state index in [1.54, 1.807) is 44.0 Å². The first-order chi connectivity index (χ1) is 17.0. The number of likely N-dealkylation sites (tertiary alicyclic amines) is 1. The molecule has 0 bridgehead atoms. The molecule has 2 heterocycles. The van der Waals surface area contributed by atoms with Crippen LogP contribution >= 0.6 is 0 Å². The van der Waals surface area contributed by atoms with Crippen LogP contribution in [0.5, 0.6) is 0 Å². The van der Waals surface area contributed by atoms with Gasteiger partial charge in [-0.15, -0.1) is 0 Å². The highest BCUT2D eigenvalue weighted by Gasteiger charge is 2.70. The molecule has 10 nitrogen and oxygen atoms in total. The summed E-state index contributed by atoms with van der Waals surface area (Å²) in [5.74, 6) is -1.40. The summed E-state index contributed by atoms with van der Waals surface area (Å²) in [6.45, 7) is 15.3. The Balaban J connectivity index is 1.88. The number of methoxy groups -OCH3 is 1. The summed E-state index contributed by atoms with van der Waals surface area (Å²) >= 11 is 0. The molecule has 0 radical (unpaired) electrons. The summed E-state index contributed by atoms with van der Waals surface area (Å²) in [5.41, 5.74) is -1.04. The van der Waals surface area contributed by atoms with Crippen LogP contribution in [0, 0.1) is 22.7 Å². The van der Waals surface area contributed by atoms with Gasteiger partial charge in [0, 0.05) is 24.5 Å². The van der Waals surface area contributed by atoms with Crippen molar-refractivity contribution in [2.45, 2.75) is 79.1 Å². The van der Waals surface area contributed by atoms with Crippen molar-refractivity contribution in [2.24, 2.45) is 22.7 Å². The minimum atomic E-state index is -1.07. The van der Waals surface area contributed by atoms with Crippen molar-refractivity contribution in [1.82, 2.24) is 20.5 Å². The Bertz CT molecular complexity index is 1040. The number of ether oxygens (including phenoxy) is 2. The SMILES string of the molecule is COC(=O)[C@@H](NC(=O)[C@@H]1[C@@H]2[C@H](CN1C(=O)[C@@H](NC(=O)OC(C)(C)C)C(C)(C)C)C2(C)C)c1cccnc1. The first-order valence-corrected chi connectivity index (χ1v) is 12.6. The van der Waals surface area contributed by atoms with Crippen molar-refractivity contribution in [2.75, 3.05) is 13.7 Å². The van der Waals surface area contributed by atoms with Crippen molar-refractivity contribution < 1.29 is 28.7 Å². The largest absolute Gasteiger partial charge is 0.467 e. The lowest BCUT2D eigenvalue weighted by atomic mass is 9.85. The molecule has 1 aromatic rings. The second kappa shape index (κ2) is 9.95. The number of hydrogen-bond acceptors (Lipinski definition) is 7. The second-order valence-corrected chi connectivity index (χ2v) is 12.6. The maximum absolute atomic E-state index is 13.9. The number of amides is 3. The van der Waals surface area contributed by atoms with E-state index >= 15 is 0 Å². The van der Waals surface area contributed by atoms with E-state index in [0.29, 0.717) is 12.1 Å². The maximum atomic E-state index is 13.9. The highest BCUT2D eigenvalue weighted by molar-refractivity contribution is 5.95. The summed E-state index contributed by atoms with van der Waals surface area (Å²) < 4.78 is 10.3. The van der Waals surface area contributed by atoms with E-state index in [0.717, 1.165) is 0 Å². The van der Waals surface area contributed by atoms with Crippen LogP contribution in [0.1, 0.15) is 67.0 Å². The van der Waals surface area contributed by atoms with Gasteiger partial charge in [-0.25, -0.2) is 9.59 Å². The Labute approximate surface area is 218 Å². The van der Waals surface area contributed by atoms with Gasteiger partial charge >= 0.3 is 12.1 Å². The maximum Gasteiger partial charge on any atom is 0.408 e. The molecular formula is C27H40N4O6. The number of carbonyl (C=O) groups excluding carboxylic acids is 4. The summed E-state index contributed by atoms with van der Waals surface area (Å²) in [6, 6.07) is 0.549. The Morgan fingerprint density at radius 2 is 1.76 bits per heavy atom. The molecule has 204 valence electrons. The van der Waals surface area contributed by atoms with E-state index in [-0.39, 0.29) is 23.2 Å². The fourth-order valence-corrected chi connectivity index (χ4v) is 5.22. The molecule has 2 fully saturated rings. The highest BCUT2D eigenvalue weighted by atomic mass is 16.6. The Morgan fingerprint density at radius 3 is 2.27 bits per heavy atom. The molecule has 0 unspecified atom stereocenters. The molecule has 3 rings (SSSR count). The van der Waals surface area contributed by atoms with Crippen molar-refractivity contribution in [1.29, 1.82) is 0 Å². The molecule has 0 aromatic carbocycles. The lowest BCUT2D eigenvalue weighted by Gasteiger charge is -2.38. The Morgan fingerprint density at radius 1 is 1.11 bits per heavy atom. The number of aromatic nitrogens is 1. The number of esters is 1. The van der Waals surface area contributed by atoms with Gasteiger partial charge in [0.1, 0.15) is 17.7 Å². The summed E-state index contributed by atoms with van der Waals surface area (Å²) in [5, 5.41) is 5.52. The summed E-state index contributed by atoms with van der Waals surface area (Å²) in [6.07, 6.45) is 2.36. The predicted molar refractivity (Wildman–Crippen MR) is 136 cm³/mol. The van der Waals surface area contributed by atoms with Crippen LogP contribution in [0.3, 0.4) is 0 Å². The molecule has 3 amide bonds. The lowest BCUT2D eigenvalue weighted by molar-refractivity contribution is -0.148. The van der Waals surface area contributed by atoms with Gasteiger partial charge in [-0.3, -0.25) is 14.6 Å². The topological polar surface area (TPSA) is 127 Å². The average Bonchev–Trinajstić information content (AvgIpc) is 3.12. The minimum absolute atomic E-state index is 0.0780. The standard InChI is InChI=1S/C27H40N4O6/c1-25(2,3)20(30-24(35)37-26(4,5)6)22(33)31-14-16-17(27(16,7)8)19(31)21(32)29-18(23(34)36-9)15-11-10-12-28-13-15/h10-13,16-20H,14H2,1-9H3,(H,29,32)(H,30,35)/t16-,17-,18-,19-,20+/m0/s1. The predicted octanol–water partition coefficient (Wildman–Crippen LogP) is 2.83. The third-order valence-corrected chi connectivity index (χ3v) is 7.28. The molecule has 5 atom stereocenters. The molecular weight excluding hydrogens is 476 g/mol. The average molecular weight is 517 g/mol. The number of pyridine rings is 1. The molecule has 1 saturated carbocycles. The minimum Gasteiger partial charge on any atom is -0.467 e. The van der Waals surface area contributed by atoms with Crippen molar-refractivity contribution in [3.8, 4) is 0 Å². The summed E-state index contributed by atoms with van der Waals surface area (Å²) in [7, 11) is 1.25. The number of rotatable bonds is 6. The van der Waals surface area contributed by atoms with E-state index in [2.05, 4.69) is 29.5 Å². The van der Waals surface area contributed by atoms with Crippen LogP contribution < -0.4 is 10.6 Å². The van der Waals surface area contributed by atoms with E-state index in [9.17, 15) is 19.2 Å². The number of alkyl carbamates (subject to hydrolysis) is 1. The third kappa shape index (κ3) is 6.05. The van der Waals surface area contributed by atoms with E-state index in [1.807, 2.05) is 20.8 Å². The molecule has 37 heavy (non-hydrogen) atoms.